The van der Waals surface area contributed by atoms with Crippen molar-refractivity contribution in [1.29, 1.82) is 0 Å². The standard InChI is InChI=1S/C18H22N4O2/c1-21(2)15-9-5-7-13(11-15)17(23)19-20-18(24)14-8-6-10-16(12-14)22(3)4/h5-12H,1-4H3,(H,19,23)(H,20,24). The summed E-state index contributed by atoms with van der Waals surface area (Å²) in [5, 5.41) is 0. The largest absolute Gasteiger partial charge is 0.378 e. The summed E-state index contributed by atoms with van der Waals surface area (Å²) in [5.74, 6) is -0.730. The number of anilines is 2. The predicted molar refractivity (Wildman–Crippen MR) is 96.5 cm³/mol. The van der Waals surface area contributed by atoms with Crippen molar-refractivity contribution in [2.45, 2.75) is 0 Å². The molecule has 2 rings (SSSR count). The van der Waals surface area contributed by atoms with Gasteiger partial charge in [-0.05, 0) is 36.4 Å². The van der Waals surface area contributed by atoms with Crippen LogP contribution in [-0.4, -0.2) is 40.0 Å². The molecule has 0 unspecified atom stereocenters. The molecule has 24 heavy (non-hydrogen) atoms. The molecule has 6 heteroatoms. The zero-order valence-corrected chi connectivity index (χ0v) is 14.3. The van der Waals surface area contributed by atoms with Crippen LogP contribution >= 0.6 is 0 Å². The van der Waals surface area contributed by atoms with Gasteiger partial charge in [-0.2, -0.15) is 0 Å². The molecule has 2 aromatic rings. The summed E-state index contributed by atoms with van der Waals surface area (Å²) in [6.07, 6.45) is 0. The Labute approximate surface area is 142 Å². The lowest BCUT2D eigenvalue weighted by molar-refractivity contribution is 0.0846. The zero-order valence-electron chi connectivity index (χ0n) is 14.3. The van der Waals surface area contributed by atoms with Gasteiger partial charge in [-0.3, -0.25) is 20.4 Å². The van der Waals surface area contributed by atoms with Gasteiger partial charge < -0.3 is 9.80 Å². The molecule has 2 aromatic carbocycles. The van der Waals surface area contributed by atoms with Crippen molar-refractivity contribution in [1.82, 2.24) is 10.9 Å². The van der Waals surface area contributed by atoms with Crippen LogP contribution in [0.3, 0.4) is 0 Å². The fourth-order valence-electron chi connectivity index (χ4n) is 2.11. The summed E-state index contributed by atoms with van der Waals surface area (Å²) in [5.41, 5.74) is 7.65. The van der Waals surface area contributed by atoms with Crippen molar-refractivity contribution < 1.29 is 9.59 Å². The fourth-order valence-corrected chi connectivity index (χ4v) is 2.11. The number of hydrazine groups is 1. The van der Waals surface area contributed by atoms with Gasteiger partial charge in [0.15, 0.2) is 0 Å². The number of benzene rings is 2. The van der Waals surface area contributed by atoms with E-state index in [1.807, 2.05) is 50.1 Å². The van der Waals surface area contributed by atoms with Crippen LogP contribution in [0.5, 0.6) is 0 Å². The van der Waals surface area contributed by atoms with Crippen molar-refractivity contribution in [3.05, 3.63) is 59.7 Å². The molecule has 0 aliphatic carbocycles. The summed E-state index contributed by atoms with van der Waals surface area (Å²) in [6.45, 7) is 0. The molecule has 2 N–H and O–H groups in total. The number of nitrogens with one attached hydrogen (secondary N) is 2. The predicted octanol–water partition coefficient (Wildman–Crippen LogP) is 1.89. The number of rotatable bonds is 4. The minimum Gasteiger partial charge on any atom is -0.378 e. The summed E-state index contributed by atoms with van der Waals surface area (Å²) in [6, 6.07) is 14.3. The van der Waals surface area contributed by atoms with Gasteiger partial charge in [0.2, 0.25) is 0 Å². The third kappa shape index (κ3) is 4.25. The molecule has 2 amide bonds. The Kier molecular flexibility index (Phi) is 5.42. The van der Waals surface area contributed by atoms with Crippen molar-refractivity contribution >= 4 is 23.2 Å². The Morgan fingerprint density at radius 2 is 1.08 bits per heavy atom. The van der Waals surface area contributed by atoms with E-state index in [0.29, 0.717) is 11.1 Å². The van der Waals surface area contributed by atoms with E-state index in [2.05, 4.69) is 10.9 Å². The maximum absolute atomic E-state index is 12.2. The molecule has 126 valence electrons. The molecule has 0 aromatic heterocycles. The van der Waals surface area contributed by atoms with E-state index in [4.69, 9.17) is 0 Å². The topological polar surface area (TPSA) is 64.7 Å². The van der Waals surface area contributed by atoms with Crippen LogP contribution < -0.4 is 20.7 Å². The molecule has 0 atom stereocenters. The monoisotopic (exact) mass is 326 g/mol. The Bertz CT molecular complexity index is 678. The van der Waals surface area contributed by atoms with Gasteiger partial charge in [0.05, 0.1) is 0 Å². The highest BCUT2D eigenvalue weighted by atomic mass is 16.2. The Morgan fingerprint density at radius 1 is 0.708 bits per heavy atom. The Balaban J connectivity index is 2.02. The van der Waals surface area contributed by atoms with E-state index in [1.54, 1.807) is 36.4 Å². The number of hydrogen-bond acceptors (Lipinski definition) is 4. The minimum absolute atomic E-state index is 0.365. The lowest BCUT2D eigenvalue weighted by atomic mass is 10.2. The summed E-state index contributed by atoms with van der Waals surface area (Å²) >= 11 is 0. The first-order chi connectivity index (χ1) is 11.4. The number of nitrogens with zero attached hydrogens (tertiary/aromatic N) is 2. The first-order valence-electron chi connectivity index (χ1n) is 7.54. The van der Waals surface area contributed by atoms with Crippen molar-refractivity contribution in [3.63, 3.8) is 0 Å². The molecule has 0 bridgehead atoms. The van der Waals surface area contributed by atoms with Crippen LogP contribution in [0.15, 0.2) is 48.5 Å². The van der Waals surface area contributed by atoms with Crippen molar-refractivity contribution in [2.75, 3.05) is 38.0 Å². The molecule has 0 aliphatic heterocycles. The molecule has 0 aliphatic rings. The number of amides is 2. The summed E-state index contributed by atoms with van der Waals surface area (Å²) in [4.78, 5) is 28.2. The Morgan fingerprint density at radius 3 is 1.42 bits per heavy atom. The van der Waals surface area contributed by atoms with Crippen LogP contribution in [0.2, 0.25) is 0 Å². The maximum atomic E-state index is 12.2. The smallest absolute Gasteiger partial charge is 0.269 e. The molecule has 0 saturated carbocycles. The minimum atomic E-state index is -0.365. The second kappa shape index (κ2) is 7.50. The highest BCUT2D eigenvalue weighted by Gasteiger charge is 2.10. The van der Waals surface area contributed by atoms with E-state index in [-0.39, 0.29) is 11.8 Å². The van der Waals surface area contributed by atoms with Gasteiger partial charge in [-0.25, -0.2) is 0 Å². The van der Waals surface area contributed by atoms with E-state index >= 15 is 0 Å². The zero-order chi connectivity index (χ0) is 17.7. The molecule has 6 nitrogen and oxygen atoms in total. The average molecular weight is 326 g/mol. The SMILES string of the molecule is CN(C)c1cccc(C(=O)NNC(=O)c2cccc(N(C)C)c2)c1. The Hall–Kier alpha value is -3.02. The molecule has 0 saturated heterocycles. The summed E-state index contributed by atoms with van der Waals surface area (Å²) in [7, 11) is 7.60. The highest BCUT2D eigenvalue weighted by molar-refractivity contribution is 5.99. The first-order valence-corrected chi connectivity index (χ1v) is 7.54. The average Bonchev–Trinajstić information content (AvgIpc) is 2.59. The third-order valence-corrected chi connectivity index (χ3v) is 3.54. The van der Waals surface area contributed by atoms with Gasteiger partial charge in [-0.15, -0.1) is 0 Å². The lowest BCUT2D eigenvalue weighted by Crippen LogP contribution is -2.41. The molecule has 0 radical (unpaired) electrons. The van der Waals surface area contributed by atoms with E-state index in [1.165, 1.54) is 0 Å². The van der Waals surface area contributed by atoms with Crippen LogP contribution in [-0.2, 0) is 0 Å². The molecule has 0 spiro atoms. The van der Waals surface area contributed by atoms with Crippen LogP contribution in [0.25, 0.3) is 0 Å². The second-order valence-electron chi connectivity index (χ2n) is 5.80. The molecule has 0 heterocycles. The van der Waals surface area contributed by atoms with Gasteiger partial charge >= 0.3 is 0 Å². The van der Waals surface area contributed by atoms with Gasteiger partial charge in [0.25, 0.3) is 11.8 Å². The normalized spacial score (nSPS) is 10.0. The van der Waals surface area contributed by atoms with Gasteiger partial charge in [0.1, 0.15) is 0 Å². The molecule has 0 fully saturated rings. The van der Waals surface area contributed by atoms with Crippen molar-refractivity contribution in [2.24, 2.45) is 0 Å². The third-order valence-electron chi connectivity index (χ3n) is 3.54. The van der Waals surface area contributed by atoms with Crippen molar-refractivity contribution in [3.8, 4) is 0 Å². The quantitative estimate of drug-likeness (QED) is 0.842. The first kappa shape index (κ1) is 17.3. The van der Waals surface area contributed by atoms with Gasteiger partial charge in [-0.1, -0.05) is 12.1 Å². The van der Waals surface area contributed by atoms with Crippen LogP contribution in [0.1, 0.15) is 20.7 Å². The number of carbonyl (C=O) groups excluding carboxylic acids is 2. The van der Waals surface area contributed by atoms with E-state index < -0.39 is 0 Å². The maximum Gasteiger partial charge on any atom is 0.269 e. The summed E-state index contributed by atoms with van der Waals surface area (Å²) < 4.78 is 0. The second-order valence-corrected chi connectivity index (χ2v) is 5.80. The van der Waals surface area contributed by atoms with E-state index in [0.717, 1.165) is 11.4 Å². The van der Waals surface area contributed by atoms with Crippen LogP contribution in [0, 0.1) is 0 Å². The molecular weight excluding hydrogens is 304 g/mol. The van der Waals surface area contributed by atoms with Gasteiger partial charge in [0, 0.05) is 50.7 Å². The van der Waals surface area contributed by atoms with Crippen LogP contribution in [0.4, 0.5) is 11.4 Å². The molecular formula is C18H22N4O2. The lowest BCUT2D eigenvalue weighted by Gasteiger charge is -2.15. The van der Waals surface area contributed by atoms with E-state index in [9.17, 15) is 9.59 Å². The number of hydrogen-bond donors (Lipinski definition) is 2. The fraction of sp³-hybridized carbons (Fsp3) is 0.222. The number of carbonyl (C=O) groups is 2. The highest BCUT2D eigenvalue weighted by Crippen LogP contribution is 2.14.